The average molecular weight is 495 g/mol. The Kier molecular flexibility index (Phi) is 6.78. The van der Waals surface area contributed by atoms with Crippen molar-refractivity contribution in [3.63, 3.8) is 0 Å². The fourth-order valence-corrected chi connectivity index (χ4v) is 5.47. The van der Waals surface area contributed by atoms with Gasteiger partial charge in [0.1, 0.15) is 11.6 Å². The normalized spacial score (nSPS) is 17.1. The smallest absolute Gasteiger partial charge is 0.243 e. The summed E-state index contributed by atoms with van der Waals surface area (Å²) in [5, 5.41) is 7.21. The van der Waals surface area contributed by atoms with Crippen molar-refractivity contribution in [3.8, 4) is 0 Å². The maximum Gasteiger partial charge on any atom is 0.243 e. The highest BCUT2D eigenvalue weighted by Gasteiger charge is 2.33. The first-order valence-electron chi connectivity index (χ1n) is 10.3. The number of piperidine rings is 1. The predicted octanol–water partition coefficient (Wildman–Crippen LogP) is 3.90. The number of sulfonamides is 1. The van der Waals surface area contributed by atoms with E-state index in [1.165, 1.54) is 33.3 Å². The van der Waals surface area contributed by atoms with Crippen LogP contribution in [0.4, 0.5) is 14.6 Å². The molecule has 2 heterocycles. The van der Waals surface area contributed by atoms with Crippen molar-refractivity contribution in [1.82, 2.24) is 14.1 Å². The van der Waals surface area contributed by atoms with Crippen LogP contribution < -0.4 is 5.32 Å². The fraction of sp³-hybridized carbons (Fsp3) is 0.273. The number of hydrogen-bond donors (Lipinski definition) is 1. The van der Waals surface area contributed by atoms with Gasteiger partial charge in [0.05, 0.1) is 17.4 Å². The maximum atomic E-state index is 14.0. The van der Waals surface area contributed by atoms with Gasteiger partial charge in [-0.3, -0.25) is 9.48 Å². The van der Waals surface area contributed by atoms with Crippen LogP contribution in [0.3, 0.4) is 0 Å². The summed E-state index contributed by atoms with van der Waals surface area (Å²) in [5.74, 6) is -1.64. The largest absolute Gasteiger partial charge is 0.309 e. The summed E-state index contributed by atoms with van der Waals surface area (Å²) >= 11 is 6.05. The lowest BCUT2D eigenvalue weighted by atomic mass is 9.99. The quantitative estimate of drug-likeness (QED) is 0.563. The third kappa shape index (κ3) is 5.23. The Labute approximate surface area is 195 Å². The van der Waals surface area contributed by atoms with Crippen LogP contribution in [0.1, 0.15) is 18.4 Å². The van der Waals surface area contributed by atoms with Gasteiger partial charge in [0.15, 0.2) is 5.82 Å². The van der Waals surface area contributed by atoms with Gasteiger partial charge in [-0.2, -0.15) is 9.40 Å². The van der Waals surface area contributed by atoms with Crippen molar-refractivity contribution in [2.45, 2.75) is 24.3 Å². The molecule has 0 spiro atoms. The van der Waals surface area contributed by atoms with Gasteiger partial charge in [0, 0.05) is 35.9 Å². The molecule has 1 amide bonds. The molecule has 0 aliphatic carbocycles. The van der Waals surface area contributed by atoms with E-state index in [4.69, 9.17) is 11.6 Å². The molecule has 7 nitrogen and oxygen atoms in total. The van der Waals surface area contributed by atoms with Gasteiger partial charge in [0.2, 0.25) is 15.9 Å². The molecule has 3 aromatic rings. The van der Waals surface area contributed by atoms with Gasteiger partial charge in [0.25, 0.3) is 0 Å². The van der Waals surface area contributed by atoms with Gasteiger partial charge in [-0.15, -0.1) is 0 Å². The lowest BCUT2D eigenvalue weighted by molar-refractivity contribution is -0.120. The Balaban J connectivity index is 1.41. The van der Waals surface area contributed by atoms with E-state index in [1.807, 2.05) is 0 Å². The number of nitrogens with zero attached hydrogens (tertiary/aromatic N) is 3. The molecular weight excluding hydrogens is 474 g/mol. The summed E-state index contributed by atoms with van der Waals surface area (Å²) in [6, 6.07) is 10.6. The Morgan fingerprint density at radius 3 is 2.64 bits per heavy atom. The molecule has 4 rings (SSSR count). The molecule has 1 aromatic heterocycles. The standard InChI is InChI=1S/C22H21ClF2N4O3S/c23-19-4-1-5-20(25)18(19)14-28-12-10-21(27-28)26-22(30)15-3-2-11-29(13-15)33(31,32)17-8-6-16(24)7-9-17/h1,4-10,12,15H,2-3,11,13-14H2,(H,26,27,30)/t15-/m0/s1. The first-order valence-corrected chi connectivity index (χ1v) is 12.1. The molecule has 0 unspecified atom stereocenters. The summed E-state index contributed by atoms with van der Waals surface area (Å²) in [5.41, 5.74) is 0.286. The topological polar surface area (TPSA) is 84.3 Å². The van der Waals surface area contributed by atoms with E-state index >= 15 is 0 Å². The first-order chi connectivity index (χ1) is 15.7. The zero-order chi connectivity index (χ0) is 23.6. The Morgan fingerprint density at radius 2 is 1.91 bits per heavy atom. The minimum atomic E-state index is -3.84. The molecule has 11 heteroatoms. The highest BCUT2D eigenvalue weighted by atomic mass is 35.5. The molecule has 0 saturated carbocycles. The zero-order valence-corrected chi connectivity index (χ0v) is 19.0. The summed E-state index contributed by atoms with van der Waals surface area (Å²) in [6.07, 6.45) is 2.62. The minimum Gasteiger partial charge on any atom is -0.309 e. The van der Waals surface area contributed by atoms with E-state index in [-0.39, 0.29) is 46.8 Å². The zero-order valence-electron chi connectivity index (χ0n) is 17.4. The highest BCUT2D eigenvalue weighted by molar-refractivity contribution is 7.89. The van der Waals surface area contributed by atoms with Crippen molar-refractivity contribution in [2.24, 2.45) is 5.92 Å². The molecule has 1 N–H and O–H groups in total. The van der Waals surface area contributed by atoms with Crippen molar-refractivity contribution >= 4 is 33.3 Å². The Hall–Kier alpha value is -2.82. The van der Waals surface area contributed by atoms with Crippen LogP contribution in [0.25, 0.3) is 0 Å². The third-order valence-electron chi connectivity index (χ3n) is 5.48. The number of benzene rings is 2. The Morgan fingerprint density at radius 1 is 1.15 bits per heavy atom. The van der Waals surface area contributed by atoms with Crippen LogP contribution in [0.2, 0.25) is 5.02 Å². The molecule has 1 fully saturated rings. The number of aromatic nitrogens is 2. The van der Waals surface area contributed by atoms with Gasteiger partial charge in [-0.1, -0.05) is 17.7 Å². The van der Waals surface area contributed by atoms with Crippen molar-refractivity contribution in [1.29, 1.82) is 0 Å². The van der Waals surface area contributed by atoms with Crippen LogP contribution in [-0.2, 0) is 21.4 Å². The molecule has 174 valence electrons. The number of halogens is 3. The van der Waals surface area contributed by atoms with E-state index in [9.17, 15) is 22.0 Å². The second kappa shape index (κ2) is 9.58. The lowest BCUT2D eigenvalue weighted by Gasteiger charge is -2.31. The number of anilines is 1. The number of rotatable bonds is 6. The van der Waals surface area contributed by atoms with Crippen molar-refractivity contribution in [2.75, 3.05) is 18.4 Å². The number of nitrogens with one attached hydrogen (secondary N) is 1. The molecule has 2 aromatic carbocycles. The van der Waals surface area contributed by atoms with Gasteiger partial charge < -0.3 is 5.32 Å². The molecule has 33 heavy (non-hydrogen) atoms. The third-order valence-corrected chi connectivity index (χ3v) is 7.71. The molecular formula is C22H21ClF2N4O3S. The highest BCUT2D eigenvalue weighted by Crippen LogP contribution is 2.25. The van der Waals surface area contributed by atoms with E-state index < -0.39 is 27.6 Å². The van der Waals surface area contributed by atoms with Crippen LogP contribution in [-0.4, -0.2) is 41.5 Å². The van der Waals surface area contributed by atoms with Crippen molar-refractivity contribution in [3.05, 3.63) is 76.9 Å². The number of carbonyl (C=O) groups is 1. The maximum absolute atomic E-state index is 14.0. The first kappa shape index (κ1) is 23.3. The minimum absolute atomic E-state index is 0.0110. The van der Waals surface area contributed by atoms with E-state index in [1.54, 1.807) is 18.3 Å². The lowest BCUT2D eigenvalue weighted by Crippen LogP contribution is -2.43. The summed E-state index contributed by atoms with van der Waals surface area (Å²) in [6.45, 7) is 0.382. The second-order valence-electron chi connectivity index (χ2n) is 7.74. The Bertz CT molecular complexity index is 1240. The van der Waals surface area contributed by atoms with Crippen molar-refractivity contribution < 1.29 is 22.0 Å². The van der Waals surface area contributed by atoms with Crippen LogP contribution in [0.5, 0.6) is 0 Å². The summed E-state index contributed by atoms with van der Waals surface area (Å²) in [7, 11) is -3.84. The van der Waals surface area contributed by atoms with E-state index in [0.717, 1.165) is 12.1 Å². The molecule has 1 atom stereocenters. The van der Waals surface area contributed by atoms with Gasteiger partial charge >= 0.3 is 0 Å². The molecule has 1 aliphatic rings. The average Bonchev–Trinajstić information content (AvgIpc) is 3.23. The molecule has 0 bridgehead atoms. The van der Waals surface area contributed by atoms with Gasteiger partial charge in [-0.05, 0) is 49.2 Å². The van der Waals surface area contributed by atoms with E-state index in [2.05, 4.69) is 10.4 Å². The van der Waals surface area contributed by atoms with Crippen LogP contribution in [0.15, 0.2) is 59.6 Å². The predicted molar refractivity (Wildman–Crippen MR) is 119 cm³/mol. The SMILES string of the molecule is O=C(Nc1ccn(Cc2c(F)cccc2Cl)n1)[C@H]1CCCN(S(=O)(=O)c2ccc(F)cc2)C1. The summed E-state index contributed by atoms with van der Waals surface area (Å²) in [4.78, 5) is 12.8. The number of carbonyl (C=O) groups excluding carboxylic acids is 1. The number of amides is 1. The van der Waals surface area contributed by atoms with E-state index in [0.29, 0.717) is 12.8 Å². The van der Waals surface area contributed by atoms with Crippen LogP contribution >= 0.6 is 11.6 Å². The molecule has 0 radical (unpaired) electrons. The monoisotopic (exact) mass is 494 g/mol. The summed E-state index contributed by atoms with van der Waals surface area (Å²) < 4.78 is 55.6. The van der Waals surface area contributed by atoms with Gasteiger partial charge in [-0.25, -0.2) is 17.2 Å². The molecule has 1 saturated heterocycles. The molecule has 1 aliphatic heterocycles. The van der Waals surface area contributed by atoms with Crippen LogP contribution in [0, 0.1) is 17.6 Å². The second-order valence-corrected chi connectivity index (χ2v) is 10.1. The number of hydrogen-bond acceptors (Lipinski definition) is 4. The fourth-order valence-electron chi connectivity index (χ4n) is 3.72.